The Bertz CT molecular complexity index is 303. The van der Waals surface area contributed by atoms with Crippen LogP contribution in [0.5, 0.6) is 0 Å². The van der Waals surface area contributed by atoms with E-state index in [0.29, 0.717) is 19.4 Å². The second-order valence-electron chi connectivity index (χ2n) is 4.71. The Morgan fingerprint density at radius 1 is 1.21 bits per heavy atom. The SMILES string of the molecule is CC(C)C(=O)NCCC[C@H](C)C(=O)OCC(Cl)(Cl)Cl. The molecule has 4 nitrogen and oxygen atoms in total. The van der Waals surface area contributed by atoms with E-state index in [4.69, 9.17) is 39.5 Å². The van der Waals surface area contributed by atoms with Crippen molar-refractivity contribution in [2.75, 3.05) is 13.2 Å². The Morgan fingerprint density at radius 3 is 2.26 bits per heavy atom. The van der Waals surface area contributed by atoms with Crippen molar-refractivity contribution in [3.05, 3.63) is 0 Å². The van der Waals surface area contributed by atoms with Crippen molar-refractivity contribution in [1.29, 1.82) is 0 Å². The lowest BCUT2D eigenvalue weighted by molar-refractivity contribution is -0.148. The minimum atomic E-state index is -1.58. The van der Waals surface area contributed by atoms with Crippen LogP contribution in [0.3, 0.4) is 0 Å². The summed E-state index contributed by atoms with van der Waals surface area (Å²) in [6.07, 6.45) is 1.31. The molecular formula is C12H20Cl3NO3. The van der Waals surface area contributed by atoms with Crippen LogP contribution < -0.4 is 5.32 Å². The molecule has 0 saturated heterocycles. The Balaban J connectivity index is 3.77. The monoisotopic (exact) mass is 331 g/mol. The van der Waals surface area contributed by atoms with Crippen molar-refractivity contribution < 1.29 is 14.3 Å². The van der Waals surface area contributed by atoms with Crippen LogP contribution in [-0.4, -0.2) is 28.8 Å². The van der Waals surface area contributed by atoms with Gasteiger partial charge in [-0.15, -0.1) is 0 Å². The standard InChI is InChI=1S/C12H20Cl3NO3/c1-8(2)10(17)16-6-4-5-9(3)11(18)19-7-12(13,14)15/h8-9H,4-7H2,1-3H3,(H,16,17)/t9-/m0/s1. The summed E-state index contributed by atoms with van der Waals surface area (Å²) < 4.78 is 3.28. The van der Waals surface area contributed by atoms with Crippen molar-refractivity contribution in [3.63, 3.8) is 0 Å². The van der Waals surface area contributed by atoms with Crippen molar-refractivity contribution in [1.82, 2.24) is 5.32 Å². The lowest BCUT2D eigenvalue weighted by Gasteiger charge is -2.15. The molecule has 0 radical (unpaired) electrons. The van der Waals surface area contributed by atoms with Gasteiger partial charge in [0.2, 0.25) is 9.70 Å². The Hall–Kier alpha value is -0.190. The molecule has 0 rings (SSSR count). The molecule has 19 heavy (non-hydrogen) atoms. The summed E-state index contributed by atoms with van der Waals surface area (Å²) >= 11 is 16.4. The van der Waals surface area contributed by atoms with Gasteiger partial charge in [0.25, 0.3) is 0 Å². The zero-order valence-corrected chi connectivity index (χ0v) is 13.6. The number of esters is 1. The normalized spacial score (nSPS) is 13.2. The smallest absolute Gasteiger partial charge is 0.308 e. The molecule has 0 aliphatic rings. The third-order valence-corrected chi connectivity index (χ3v) is 2.75. The van der Waals surface area contributed by atoms with E-state index >= 15 is 0 Å². The van der Waals surface area contributed by atoms with Crippen molar-refractivity contribution in [3.8, 4) is 0 Å². The van der Waals surface area contributed by atoms with Crippen molar-refractivity contribution >= 4 is 46.7 Å². The maximum atomic E-state index is 11.5. The molecule has 0 aromatic carbocycles. The molecule has 0 heterocycles. The topological polar surface area (TPSA) is 55.4 Å². The van der Waals surface area contributed by atoms with Crippen LogP contribution >= 0.6 is 34.8 Å². The van der Waals surface area contributed by atoms with Crippen molar-refractivity contribution in [2.24, 2.45) is 11.8 Å². The predicted molar refractivity (Wildman–Crippen MR) is 77.5 cm³/mol. The second-order valence-corrected chi connectivity index (χ2v) is 7.23. The molecule has 0 fully saturated rings. The number of ether oxygens (including phenoxy) is 1. The first-order valence-electron chi connectivity index (χ1n) is 6.14. The van der Waals surface area contributed by atoms with Crippen LogP contribution in [0.2, 0.25) is 0 Å². The Morgan fingerprint density at radius 2 is 1.79 bits per heavy atom. The molecule has 0 unspecified atom stereocenters. The van der Waals surface area contributed by atoms with Gasteiger partial charge in [-0.3, -0.25) is 9.59 Å². The molecule has 0 saturated carbocycles. The number of carbonyl (C=O) groups excluding carboxylic acids is 2. The molecule has 1 N–H and O–H groups in total. The highest BCUT2D eigenvalue weighted by atomic mass is 35.6. The fourth-order valence-electron chi connectivity index (χ4n) is 1.24. The second kappa shape index (κ2) is 8.88. The molecule has 0 aromatic heterocycles. The molecule has 7 heteroatoms. The molecule has 0 spiro atoms. The van der Waals surface area contributed by atoms with Crippen LogP contribution in [0.1, 0.15) is 33.6 Å². The van der Waals surface area contributed by atoms with Gasteiger partial charge in [-0.2, -0.15) is 0 Å². The van der Waals surface area contributed by atoms with Crippen LogP contribution in [0.4, 0.5) is 0 Å². The third kappa shape index (κ3) is 10.3. The van der Waals surface area contributed by atoms with Gasteiger partial charge in [-0.25, -0.2) is 0 Å². The zero-order valence-electron chi connectivity index (χ0n) is 11.3. The van der Waals surface area contributed by atoms with E-state index < -0.39 is 9.76 Å². The number of amides is 1. The van der Waals surface area contributed by atoms with Gasteiger partial charge in [-0.05, 0) is 12.8 Å². The van der Waals surface area contributed by atoms with E-state index in [1.807, 2.05) is 13.8 Å². The molecule has 0 aliphatic carbocycles. The summed E-state index contributed by atoms with van der Waals surface area (Å²) in [6, 6.07) is 0. The number of nitrogens with one attached hydrogen (secondary N) is 1. The average Bonchev–Trinajstić information content (AvgIpc) is 2.29. The van der Waals surface area contributed by atoms with E-state index in [1.165, 1.54) is 0 Å². The van der Waals surface area contributed by atoms with Gasteiger partial charge >= 0.3 is 5.97 Å². The fourth-order valence-corrected chi connectivity index (χ4v) is 1.40. The number of hydrogen-bond donors (Lipinski definition) is 1. The summed E-state index contributed by atoms with van der Waals surface area (Å²) in [5.74, 6) is -0.720. The number of alkyl halides is 3. The molecule has 112 valence electrons. The van der Waals surface area contributed by atoms with E-state index in [1.54, 1.807) is 6.92 Å². The van der Waals surface area contributed by atoms with Gasteiger partial charge in [0.15, 0.2) is 0 Å². The highest BCUT2D eigenvalue weighted by Gasteiger charge is 2.24. The number of rotatable bonds is 7. The quantitative estimate of drug-likeness (QED) is 0.443. The highest BCUT2D eigenvalue weighted by molar-refractivity contribution is 6.67. The summed E-state index contributed by atoms with van der Waals surface area (Å²) in [7, 11) is 0. The maximum absolute atomic E-state index is 11.5. The zero-order chi connectivity index (χ0) is 15.1. The van der Waals surface area contributed by atoms with Gasteiger partial charge in [0.1, 0.15) is 6.61 Å². The molecule has 1 amide bonds. The van der Waals surface area contributed by atoms with Crippen molar-refractivity contribution in [2.45, 2.75) is 37.4 Å². The van der Waals surface area contributed by atoms with E-state index in [-0.39, 0.29) is 24.3 Å². The lowest BCUT2D eigenvalue weighted by Crippen LogP contribution is -2.29. The largest absolute Gasteiger partial charge is 0.461 e. The molecule has 0 aromatic rings. The summed E-state index contributed by atoms with van der Waals surface area (Å²) in [4.78, 5) is 22.8. The molecular weight excluding hydrogens is 312 g/mol. The predicted octanol–water partition coefficient (Wildman–Crippen LogP) is 3.09. The summed E-state index contributed by atoms with van der Waals surface area (Å²) in [5.41, 5.74) is 0. The lowest BCUT2D eigenvalue weighted by atomic mass is 10.1. The first kappa shape index (κ1) is 18.8. The van der Waals surface area contributed by atoms with E-state index in [0.717, 1.165) is 0 Å². The van der Waals surface area contributed by atoms with Crippen LogP contribution in [0, 0.1) is 11.8 Å². The molecule has 1 atom stereocenters. The van der Waals surface area contributed by atoms with Crippen LogP contribution in [0.15, 0.2) is 0 Å². The van der Waals surface area contributed by atoms with Crippen LogP contribution in [0.25, 0.3) is 0 Å². The van der Waals surface area contributed by atoms with E-state index in [9.17, 15) is 9.59 Å². The fraction of sp³-hybridized carbons (Fsp3) is 0.833. The third-order valence-electron chi connectivity index (χ3n) is 2.42. The highest BCUT2D eigenvalue weighted by Crippen LogP contribution is 2.26. The van der Waals surface area contributed by atoms with Gasteiger partial charge in [-0.1, -0.05) is 55.6 Å². The Labute approximate surface area is 129 Å². The van der Waals surface area contributed by atoms with Gasteiger partial charge < -0.3 is 10.1 Å². The minimum absolute atomic E-state index is 0.00596. The van der Waals surface area contributed by atoms with Gasteiger partial charge in [0, 0.05) is 12.5 Å². The molecule has 0 aliphatic heterocycles. The van der Waals surface area contributed by atoms with E-state index in [2.05, 4.69) is 5.32 Å². The first-order chi connectivity index (χ1) is 8.63. The summed E-state index contributed by atoms with van der Waals surface area (Å²) in [5, 5.41) is 2.78. The Kier molecular flexibility index (Phi) is 8.79. The number of hydrogen-bond acceptors (Lipinski definition) is 3. The summed E-state index contributed by atoms with van der Waals surface area (Å²) in [6.45, 7) is 5.67. The average molecular weight is 333 g/mol. The van der Waals surface area contributed by atoms with Crippen LogP contribution in [-0.2, 0) is 14.3 Å². The maximum Gasteiger partial charge on any atom is 0.308 e. The number of halogens is 3. The van der Waals surface area contributed by atoms with Gasteiger partial charge in [0.05, 0.1) is 5.92 Å². The molecule has 0 bridgehead atoms. The first-order valence-corrected chi connectivity index (χ1v) is 7.28. The number of carbonyl (C=O) groups is 2. The minimum Gasteiger partial charge on any atom is -0.461 e.